The predicted octanol–water partition coefficient (Wildman–Crippen LogP) is 0.568. The average Bonchev–Trinajstić information content (AvgIpc) is 2.77. The molecule has 1 amide bonds. The molecular formula is C8H8N4OS. The van der Waals surface area contributed by atoms with Gasteiger partial charge in [0.2, 0.25) is 5.91 Å². The second-order valence-electron chi connectivity index (χ2n) is 2.61. The molecule has 1 aromatic heterocycles. The van der Waals surface area contributed by atoms with Gasteiger partial charge in [-0.25, -0.2) is 0 Å². The second-order valence-corrected chi connectivity index (χ2v) is 3.58. The lowest BCUT2D eigenvalue weighted by Crippen LogP contribution is -2.19. The van der Waals surface area contributed by atoms with Crippen LogP contribution in [0.4, 0.5) is 0 Å². The second kappa shape index (κ2) is 4.10. The van der Waals surface area contributed by atoms with Gasteiger partial charge in [-0.1, -0.05) is 11.8 Å². The zero-order chi connectivity index (χ0) is 9.80. The van der Waals surface area contributed by atoms with E-state index < -0.39 is 0 Å². The predicted molar refractivity (Wildman–Crippen MR) is 56.4 cm³/mol. The topological polar surface area (TPSA) is 69.6 Å². The van der Waals surface area contributed by atoms with E-state index in [-0.39, 0.29) is 5.91 Å². The highest BCUT2D eigenvalue weighted by molar-refractivity contribution is 8.15. The van der Waals surface area contributed by atoms with E-state index in [0.29, 0.717) is 10.9 Å². The van der Waals surface area contributed by atoms with Gasteiger partial charge in [-0.3, -0.25) is 4.79 Å². The molecule has 0 radical (unpaired) electrons. The Morgan fingerprint density at radius 1 is 1.57 bits per heavy atom. The first kappa shape index (κ1) is 9.01. The molecule has 72 valence electrons. The minimum atomic E-state index is -0.0242. The molecular weight excluding hydrogens is 200 g/mol. The number of H-pyrrole nitrogens is 1. The van der Waals surface area contributed by atoms with E-state index in [1.54, 1.807) is 12.4 Å². The Labute approximate surface area is 84.7 Å². The fraction of sp³-hybridized carbons (Fsp3) is 0.125. The van der Waals surface area contributed by atoms with Crippen molar-refractivity contribution in [1.29, 1.82) is 0 Å². The van der Waals surface area contributed by atoms with E-state index in [0.717, 1.165) is 5.69 Å². The van der Waals surface area contributed by atoms with Gasteiger partial charge in [-0.05, 0) is 12.1 Å². The minimum absolute atomic E-state index is 0.0242. The summed E-state index contributed by atoms with van der Waals surface area (Å²) in [5, 5.41) is 10.8. The van der Waals surface area contributed by atoms with Gasteiger partial charge < -0.3 is 10.3 Å². The van der Waals surface area contributed by atoms with Crippen molar-refractivity contribution in [3.63, 3.8) is 0 Å². The number of amidine groups is 1. The van der Waals surface area contributed by atoms with Crippen molar-refractivity contribution in [3.05, 3.63) is 24.0 Å². The Morgan fingerprint density at radius 2 is 2.50 bits per heavy atom. The summed E-state index contributed by atoms with van der Waals surface area (Å²) in [6.45, 7) is 0. The molecule has 0 unspecified atom stereocenters. The molecule has 2 heterocycles. The van der Waals surface area contributed by atoms with Crippen LogP contribution in [0.15, 0.2) is 28.5 Å². The van der Waals surface area contributed by atoms with Crippen LogP contribution in [0.1, 0.15) is 5.69 Å². The largest absolute Gasteiger partial charge is 0.360 e. The molecule has 2 rings (SSSR count). The fourth-order valence-corrected chi connectivity index (χ4v) is 1.58. The Morgan fingerprint density at radius 3 is 3.14 bits per heavy atom. The lowest BCUT2D eigenvalue weighted by atomic mass is 10.5. The van der Waals surface area contributed by atoms with Crippen LogP contribution in [-0.4, -0.2) is 28.0 Å². The van der Waals surface area contributed by atoms with Crippen molar-refractivity contribution in [1.82, 2.24) is 10.3 Å². The number of hydrogen-bond donors (Lipinski definition) is 2. The van der Waals surface area contributed by atoms with Crippen molar-refractivity contribution in [2.75, 3.05) is 5.75 Å². The third kappa shape index (κ3) is 2.23. The van der Waals surface area contributed by atoms with E-state index in [9.17, 15) is 4.79 Å². The number of hydrogen-bond acceptors (Lipinski definition) is 4. The molecule has 1 aliphatic rings. The minimum Gasteiger partial charge on any atom is -0.360 e. The van der Waals surface area contributed by atoms with Crippen LogP contribution in [-0.2, 0) is 4.79 Å². The van der Waals surface area contributed by atoms with E-state index in [2.05, 4.69) is 20.5 Å². The normalized spacial score (nSPS) is 19.4. The first-order valence-electron chi connectivity index (χ1n) is 4.01. The molecule has 5 nitrogen and oxygen atoms in total. The molecule has 1 aromatic rings. The summed E-state index contributed by atoms with van der Waals surface area (Å²) in [7, 11) is 0. The van der Waals surface area contributed by atoms with Crippen LogP contribution in [0.25, 0.3) is 0 Å². The summed E-state index contributed by atoms with van der Waals surface area (Å²) >= 11 is 1.35. The fourth-order valence-electron chi connectivity index (χ4n) is 0.947. The molecule has 1 fully saturated rings. The van der Waals surface area contributed by atoms with Crippen molar-refractivity contribution in [2.45, 2.75) is 0 Å². The molecule has 0 aromatic carbocycles. The molecule has 1 aliphatic heterocycles. The Balaban J connectivity index is 1.96. The maximum absolute atomic E-state index is 10.8. The van der Waals surface area contributed by atoms with Gasteiger partial charge in [-0.2, -0.15) is 5.10 Å². The third-order valence-corrected chi connectivity index (χ3v) is 2.42. The molecule has 0 spiro atoms. The van der Waals surface area contributed by atoms with Gasteiger partial charge >= 0.3 is 0 Å². The quantitative estimate of drug-likeness (QED) is 0.551. The van der Waals surface area contributed by atoms with Crippen molar-refractivity contribution < 1.29 is 4.79 Å². The standard InChI is InChI=1S/C8H8N4OS/c13-7-5-14-8(11-7)12-10-4-6-2-1-3-9-6/h1-4,9H,5H2,(H,11,12,13)/b10-4+. The summed E-state index contributed by atoms with van der Waals surface area (Å²) in [4.78, 5) is 13.7. The molecule has 1 saturated heterocycles. The van der Waals surface area contributed by atoms with E-state index in [4.69, 9.17) is 0 Å². The molecule has 2 N–H and O–H groups in total. The maximum atomic E-state index is 10.8. The van der Waals surface area contributed by atoms with Crippen molar-refractivity contribution >= 4 is 29.1 Å². The highest BCUT2D eigenvalue weighted by atomic mass is 32.2. The van der Waals surface area contributed by atoms with E-state index >= 15 is 0 Å². The third-order valence-electron chi connectivity index (χ3n) is 1.55. The summed E-state index contributed by atoms with van der Waals surface area (Å²) in [5.41, 5.74) is 0.878. The maximum Gasteiger partial charge on any atom is 0.236 e. The van der Waals surface area contributed by atoms with Crippen LogP contribution >= 0.6 is 11.8 Å². The first-order chi connectivity index (χ1) is 6.84. The average molecular weight is 208 g/mol. The molecule has 0 saturated carbocycles. The van der Waals surface area contributed by atoms with Gasteiger partial charge in [0, 0.05) is 6.20 Å². The number of aromatic nitrogens is 1. The zero-order valence-electron chi connectivity index (χ0n) is 7.23. The van der Waals surface area contributed by atoms with Gasteiger partial charge in [0.25, 0.3) is 0 Å². The van der Waals surface area contributed by atoms with Gasteiger partial charge in [-0.15, -0.1) is 5.10 Å². The van der Waals surface area contributed by atoms with Gasteiger partial charge in [0.1, 0.15) is 0 Å². The lowest BCUT2D eigenvalue weighted by molar-refractivity contribution is -0.116. The molecule has 0 atom stereocenters. The Kier molecular flexibility index (Phi) is 2.64. The summed E-state index contributed by atoms with van der Waals surface area (Å²) in [6.07, 6.45) is 3.40. The summed E-state index contributed by atoms with van der Waals surface area (Å²) < 4.78 is 0. The van der Waals surface area contributed by atoms with Crippen LogP contribution in [0.2, 0.25) is 0 Å². The van der Waals surface area contributed by atoms with Gasteiger partial charge in [0.05, 0.1) is 17.7 Å². The lowest BCUT2D eigenvalue weighted by Gasteiger charge is -1.88. The highest BCUT2D eigenvalue weighted by Crippen LogP contribution is 2.08. The van der Waals surface area contributed by atoms with Crippen LogP contribution in [0, 0.1) is 0 Å². The number of nitrogens with zero attached hydrogens (tertiary/aromatic N) is 2. The SMILES string of the molecule is O=C1CSC(=N/N=C/c2ccc[nH]2)N1. The number of aromatic amines is 1. The first-order valence-corrected chi connectivity index (χ1v) is 5.00. The molecule has 0 bridgehead atoms. The number of thioether (sulfide) groups is 1. The Hall–Kier alpha value is -1.56. The number of nitrogens with one attached hydrogen (secondary N) is 2. The van der Waals surface area contributed by atoms with Crippen LogP contribution in [0.3, 0.4) is 0 Å². The Bertz CT molecular complexity index is 382. The van der Waals surface area contributed by atoms with Gasteiger partial charge in [0.15, 0.2) is 5.17 Å². The number of carbonyl (C=O) groups excluding carboxylic acids is 1. The number of rotatable bonds is 2. The number of amides is 1. The van der Waals surface area contributed by atoms with Crippen LogP contribution in [0.5, 0.6) is 0 Å². The van der Waals surface area contributed by atoms with E-state index in [1.165, 1.54) is 11.8 Å². The molecule has 14 heavy (non-hydrogen) atoms. The van der Waals surface area contributed by atoms with E-state index in [1.807, 2.05) is 12.1 Å². The molecule has 6 heteroatoms. The highest BCUT2D eigenvalue weighted by Gasteiger charge is 2.15. The van der Waals surface area contributed by atoms with Crippen molar-refractivity contribution in [2.24, 2.45) is 10.2 Å². The smallest absolute Gasteiger partial charge is 0.236 e. The van der Waals surface area contributed by atoms with Crippen molar-refractivity contribution in [3.8, 4) is 0 Å². The zero-order valence-corrected chi connectivity index (χ0v) is 8.04. The summed E-state index contributed by atoms with van der Waals surface area (Å²) in [5.74, 6) is 0.403. The summed E-state index contributed by atoms with van der Waals surface area (Å²) in [6, 6.07) is 3.75. The molecule has 0 aliphatic carbocycles. The number of carbonyl (C=O) groups is 1. The monoisotopic (exact) mass is 208 g/mol. The van der Waals surface area contributed by atoms with Crippen LogP contribution < -0.4 is 5.32 Å².